The summed E-state index contributed by atoms with van der Waals surface area (Å²) in [6.45, 7) is 0. The van der Waals surface area contributed by atoms with Gasteiger partial charge in [0.25, 0.3) is 20.2 Å². The van der Waals surface area contributed by atoms with Gasteiger partial charge in [0, 0.05) is 0 Å². The summed E-state index contributed by atoms with van der Waals surface area (Å²) in [5.74, 6) is 0. The number of halogens is 3. The fraction of sp³-hybridized carbons (Fsp3) is 0.0526. The topological polar surface area (TPSA) is 109 Å². The molecule has 0 unspecified atom stereocenters. The van der Waals surface area contributed by atoms with Crippen LogP contribution in [-0.4, -0.2) is 25.9 Å². The Kier molecular flexibility index (Phi) is 6.03. The van der Waals surface area contributed by atoms with E-state index in [0.29, 0.717) is 0 Å². The molecule has 0 aliphatic carbocycles. The molecule has 0 heterocycles. The van der Waals surface area contributed by atoms with Crippen molar-refractivity contribution in [1.82, 2.24) is 0 Å². The largest absolute Gasteiger partial charge is 1.45 e. The Bertz CT molecular complexity index is 1350. The molecule has 0 fully saturated rings. The van der Waals surface area contributed by atoms with Crippen LogP contribution in [0.2, 0.25) is 0 Å². The molecule has 164 valence electrons. The van der Waals surface area contributed by atoms with Crippen LogP contribution in [0.1, 0.15) is 5.56 Å². The minimum Gasteiger partial charge on any atom is -1.45 e. The normalized spacial score (nSPS) is 12.7. The van der Waals surface area contributed by atoms with E-state index in [1.165, 1.54) is 12.1 Å². The molecule has 0 saturated carbocycles. The van der Waals surface area contributed by atoms with Crippen LogP contribution in [0.15, 0.2) is 70.5 Å². The highest BCUT2D eigenvalue weighted by Crippen LogP contribution is 2.42. The maximum absolute atomic E-state index is 13.8. The van der Waals surface area contributed by atoms with E-state index in [9.17, 15) is 30.0 Å². The Morgan fingerprint density at radius 3 is 1.39 bits per heavy atom. The molecule has 0 radical (unpaired) electrons. The van der Waals surface area contributed by atoms with Crippen molar-refractivity contribution in [3.8, 4) is 22.3 Å². The van der Waals surface area contributed by atoms with E-state index < -0.39 is 41.8 Å². The molecule has 0 bridgehead atoms. The Morgan fingerprint density at radius 2 is 1.03 bits per heavy atom. The predicted octanol–water partition coefficient (Wildman–Crippen LogP) is 4.57. The average molecular weight is 488 g/mol. The zero-order valence-electron chi connectivity index (χ0n) is 15.2. The minimum atomic E-state index is -4.78. The molecule has 2 N–H and O–H groups in total. The lowest BCUT2D eigenvalue weighted by Gasteiger charge is -2.40. The van der Waals surface area contributed by atoms with Gasteiger partial charge in [0.2, 0.25) is 0 Å². The van der Waals surface area contributed by atoms with Gasteiger partial charge in [-0.05, 0) is 41.0 Å². The third-order valence-electron chi connectivity index (χ3n) is 4.37. The predicted molar refractivity (Wildman–Crippen MR) is 108 cm³/mol. The molecule has 0 spiro atoms. The van der Waals surface area contributed by atoms with Crippen LogP contribution in [0.4, 0.5) is 13.2 Å². The standard InChI is InChI=1S/C19H12F3O6PS2/c20-19(21,22)15-9-10-16(29)18(12-3-7-14(8-4-12)31(26,27)28)17(15)11-1-5-13(6-2-11)30(23,24)25/h1-10H,(H,23,24,25)(H,26,27,28)/q-2. The Labute approximate surface area is 178 Å². The van der Waals surface area contributed by atoms with Gasteiger partial charge in [-0.25, -0.2) is 0 Å². The summed E-state index contributed by atoms with van der Waals surface area (Å²) < 4.78 is 105. The first-order chi connectivity index (χ1) is 14.2. The minimum absolute atomic E-state index is 0.00974. The molecule has 0 saturated heterocycles. The fourth-order valence-electron chi connectivity index (χ4n) is 3.01. The van der Waals surface area contributed by atoms with Crippen LogP contribution < -0.4 is 5.30 Å². The van der Waals surface area contributed by atoms with Crippen LogP contribution >= 0.6 is 9.24 Å². The lowest BCUT2D eigenvalue weighted by molar-refractivity contribution is -0.137. The third kappa shape index (κ3) is 4.97. The van der Waals surface area contributed by atoms with Gasteiger partial charge in [0.15, 0.2) is 0 Å². The maximum atomic E-state index is 13.8. The van der Waals surface area contributed by atoms with Gasteiger partial charge in [-0.2, -0.15) is 30.0 Å². The van der Waals surface area contributed by atoms with Gasteiger partial charge in [-0.1, -0.05) is 35.9 Å². The molecule has 3 aromatic carbocycles. The van der Waals surface area contributed by atoms with E-state index in [0.717, 1.165) is 48.5 Å². The van der Waals surface area contributed by atoms with Gasteiger partial charge in [-0.3, -0.25) is 9.11 Å². The van der Waals surface area contributed by atoms with Crippen molar-refractivity contribution in [2.75, 3.05) is 0 Å². The first kappa shape index (κ1) is 23.4. The Balaban J connectivity index is 2.32. The first-order valence-corrected chi connectivity index (χ1v) is 11.6. The molecular formula is C19H12F3O6PS2-2. The monoisotopic (exact) mass is 488 g/mol. The van der Waals surface area contributed by atoms with Gasteiger partial charge < -0.3 is 14.5 Å². The molecule has 0 atom stereocenters. The van der Waals surface area contributed by atoms with Crippen molar-refractivity contribution in [2.45, 2.75) is 16.0 Å². The van der Waals surface area contributed by atoms with E-state index in [4.69, 9.17) is 9.11 Å². The molecule has 12 heteroatoms. The summed E-state index contributed by atoms with van der Waals surface area (Å²) in [4.78, 5) is -0.936. The second kappa shape index (κ2) is 7.99. The third-order valence-corrected chi connectivity index (χ3v) is 6.48. The summed E-state index contributed by atoms with van der Waals surface area (Å²) in [5.41, 5.74) is -1.17. The number of benzene rings is 3. The van der Waals surface area contributed by atoms with Crippen molar-refractivity contribution < 1.29 is 39.1 Å². The second-order valence-electron chi connectivity index (χ2n) is 6.38. The summed E-state index contributed by atoms with van der Waals surface area (Å²) in [6, 6.07) is 10.6. The average Bonchev–Trinajstić information content (AvgIpc) is 2.65. The lowest BCUT2D eigenvalue weighted by atomic mass is 9.90. The van der Waals surface area contributed by atoms with Crippen molar-refractivity contribution >= 4 is 34.8 Å². The quantitative estimate of drug-likeness (QED) is 0.412. The highest BCUT2D eigenvalue weighted by atomic mass is 32.2. The fourth-order valence-corrected chi connectivity index (χ4v) is 4.28. The molecule has 3 aromatic rings. The van der Waals surface area contributed by atoms with E-state index >= 15 is 0 Å². The van der Waals surface area contributed by atoms with Crippen molar-refractivity contribution in [2.24, 2.45) is 0 Å². The number of hydrogen-bond donors (Lipinski definition) is 2. The number of hydrogen-bond acceptors (Lipinski definition) is 4. The first-order valence-electron chi connectivity index (χ1n) is 8.28. The van der Waals surface area contributed by atoms with Crippen molar-refractivity contribution in [1.29, 1.82) is 0 Å². The van der Waals surface area contributed by atoms with Crippen molar-refractivity contribution in [3.63, 3.8) is 0 Å². The highest BCUT2D eigenvalue weighted by molar-refractivity contribution is 7.86. The SMILES string of the molecule is O=S(=O)(O)c1ccc(-c2c([P-2])ccc(C(F)(F)F)c2-c2ccc(S(=O)(=O)O)cc2)cc1. The molecule has 3 rings (SSSR count). The molecule has 0 amide bonds. The summed E-state index contributed by atoms with van der Waals surface area (Å²) >= 11 is 0. The van der Waals surface area contributed by atoms with Gasteiger partial charge in [0.1, 0.15) is 0 Å². The van der Waals surface area contributed by atoms with E-state index in [1.807, 2.05) is 0 Å². The van der Waals surface area contributed by atoms with Gasteiger partial charge >= 0.3 is 6.18 Å². The lowest BCUT2D eigenvalue weighted by Crippen LogP contribution is -2.12. The number of alkyl halides is 3. The van der Waals surface area contributed by atoms with Crippen LogP contribution in [-0.2, 0) is 26.4 Å². The smallest absolute Gasteiger partial charge is 0.417 e. The molecular weight excluding hydrogens is 476 g/mol. The highest BCUT2D eigenvalue weighted by Gasteiger charge is 2.34. The zero-order chi connectivity index (χ0) is 23.2. The molecule has 0 aromatic heterocycles. The van der Waals surface area contributed by atoms with Gasteiger partial charge in [-0.15, -0.1) is 6.07 Å². The summed E-state index contributed by atoms with van der Waals surface area (Å²) in [5, 5.41) is 0.140. The maximum Gasteiger partial charge on any atom is 0.417 e. The summed E-state index contributed by atoms with van der Waals surface area (Å²) in [7, 11) is -4.80. The van der Waals surface area contributed by atoms with Crippen LogP contribution in [0.25, 0.3) is 22.3 Å². The number of rotatable bonds is 4. The van der Waals surface area contributed by atoms with Crippen LogP contribution in [0.3, 0.4) is 0 Å². The van der Waals surface area contributed by atoms with E-state index in [1.54, 1.807) is 0 Å². The summed E-state index contributed by atoms with van der Waals surface area (Å²) in [6.07, 6.45) is -4.78. The van der Waals surface area contributed by atoms with E-state index in [2.05, 4.69) is 9.24 Å². The Morgan fingerprint density at radius 1 is 0.645 bits per heavy atom. The molecule has 0 aliphatic heterocycles. The van der Waals surface area contributed by atoms with Crippen LogP contribution in [0.5, 0.6) is 0 Å². The molecule has 31 heavy (non-hydrogen) atoms. The second-order valence-corrected chi connectivity index (χ2v) is 9.70. The van der Waals surface area contributed by atoms with Gasteiger partial charge in [0.05, 0.1) is 15.4 Å². The Hall–Kier alpha value is -2.30. The molecule has 0 aliphatic rings. The van der Waals surface area contributed by atoms with Crippen molar-refractivity contribution in [3.05, 3.63) is 66.2 Å². The molecule has 6 nitrogen and oxygen atoms in total. The van der Waals surface area contributed by atoms with Crippen LogP contribution in [0, 0.1) is 0 Å². The van der Waals surface area contributed by atoms with E-state index in [-0.39, 0.29) is 27.6 Å². The zero-order valence-corrected chi connectivity index (χ0v) is 17.7.